The van der Waals surface area contributed by atoms with E-state index < -0.39 is 22.7 Å². The van der Waals surface area contributed by atoms with Crippen molar-refractivity contribution in [2.24, 2.45) is 0 Å². The predicted molar refractivity (Wildman–Crippen MR) is 45.4 cm³/mol. The number of carboxylic acids is 1. The molecule has 0 aromatic rings. The number of carbonyl (C=O) groups is 1. The summed E-state index contributed by atoms with van der Waals surface area (Å²) in [5.41, 5.74) is 0. The van der Waals surface area contributed by atoms with Crippen LogP contribution in [0.15, 0.2) is 0 Å². The zero-order valence-corrected chi connectivity index (χ0v) is 8.12. The molecule has 1 aliphatic rings. The summed E-state index contributed by atoms with van der Waals surface area (Å²) in [5.74, 6) is -1.12. The van der Waals surface area contributed by atoms with Crippen LogP contribution in [0.4, 0.5) is 0 Å². The lowest BCUT2D eigenvalue weighted by molar-refractivity contribution is -0.137. The first-order valence-corrected chi connectivity index (χ1v) is 5.35. The molecule has 0 amide bonds. The maximum absolute atomic E-state index is 11.4. The monoisotopic (exact) mass is 208 g/mol. The van der Waals surface area contributed by atoms with Crippen LogP contribution in [0.1, 0.15) is 6.92 Å². The summed E-state index contributed by atoms with van der Waals surface area (Å²) in [5, 5.41) is 8.44. The average Bonchev–Trinajstić information content (AvgIpc) is 2.26. The molecule has 76 valence electrons. The standard InChI is InChI=1S/C6H12N2O4S/c1-2-7-3-4-8(5-6(9)10)13(7,11)12/h2-5H2,1H3,(H,9,10). The van der Waals surface area contributed by atoms with E-state index in [1.165, 1.54) is 4.31 Å². The van der Waals surface area contributed by atoms with Crippen molar-refractivity contribution in [2.75, 3.05) is 26.2 Å². The molecule has 7 heteroatoms. The molecule has 1 saturated heterocycles. The van der Waals surface area contributed by atoms with Gasteiger partial charge in [-0.1, -0.05) is 6.92 Å². The maximum atomic E-state index is 11.4. The molecule has 0 radical (unpaired) electrons. The quantitative estimate of drug-likeness (QED) is 0.642. The molecule has 13 heavy (non-hydrogen) atoms. The molecule has 0 unspecified atom stereocenters. The van der Waals surface area contributed by atoms with Crippen LogP contribution in [0.25, 0.3) is 0 Å². The van der Waals surface area contributed by atoms with E-state index in [0.29, 0.717) is 13.1 Å². The molecule has 0 spiro atoms. The molecule has 0 atom stereocenters. The van der Waals surface area contributed by atoms with E-state index in [1.807, 2.05) is 0 Å². The summed E-state index contributed by atoms with van der Waals surface area (Å²) >= 11 is 0. The van der Waals surface area contributed by atoms with Crippen molar-refractivity contribution < 1.29 is 18.3 Å². The van der Waals surface area contributed by atoms with E-state index in [4.69, 9.17) is 5.11 Å². The van der Waals surface area contributed by atoms with Crippen LogP contribution in [-0.2, 0) is 15.0 Å². The van der Waals surface area contributed by atoms with Crippen molar-refractivity contribution in [3.8, 4) is 0 Å². The Morgan fingerprint density at radius 3 is 2.31 bits per heavy atom. The third-order valence-corrected chi connectivity index (χ3v) is 3.97. The van der Waals surface area contributed by atoms with Crippen LogP contribution in [0.2, 0.25) is 0 Å². The van der Waals surface area contributed by atoms with Crippen molar-refractivity contribution in [1.29, 1.82) is 0 Å². The van der Waals surface area contributed by atoms with Crippen molar-refractivity contribution in [2.45, 2.75) is 6.92 Å². The minimum Gasteiger partial charge on any atom is -0.480 e. The fourth-order valence-electron chi connectivity index (χ4n) is 1.25. The molecule has 6 nitrogen and oxygen atoms in total. The molecule has 0 aromatic heterocycles. The van der Waals surface area contributed by atoms with Gasteiger partial charge < -0.3 is 5.11 Å². The predicted octanol–water partition coefficient (Wildman–Crippen LogP) is -1.05. The van der Waals surface area contributed by atoms with Crippen molar-refractivity contribution in [3.63, 3.8) is 0 Å². The third kappa shape index (κ3) is 1.98. The van der Waals surface area contributed by atoms with Gasteiger partial charge in [0.1, 0.15) is 6.54 Å². The Bertz CT molecular complexity index is 300. The molecular weight excluding hydrogens is 196 g/mol. The number of aliphatic carboxylic acids is 1. The van der Waals surface area contributed by atoms with Crippen LogP contribution < -0.4 is 0 Å². The molecule has 1 aliphatic heterocycles. The van der Waals surface area contributed by atoms with Gasteiger partial charge in [0.2, 0.25) is 0 Å². The number of carboxylic acid groups (broad SMARTS) is 1. The molecule has 0 saturated carbocycles. The number of hydrogen-bond donors (Lipinski definition) is 1. The molecule has 1 rings (SSSR count). The molecule has 0 bridgehead atoms. The van der Waals surface area contributed by atoms with Gasteiger partial charge >= 0.3 is 5.97 Å². The molecule has 0 aliphatic carbocycles. The van der Waals surface area contributed by atoms with Gasteiger partial charge in [0, 0.05) is 19.6 Å². The molecule has 0 aromatic carbocycles. The largest absolute Gasteiger partial charge is 0.480 e. The second-order valence-electron chi connectivity index (χ2n) is 2.73. The smallest absolute Gasteiger partial charge is 0.318 e. The Labute approximate surface area is 76.9 Å². The highest BCUT2D eigenvalue weighted by Crippen LogP contribution is 2.14. The number of nitrogens with zero attached hydrogens (tertiary/aromatic N) is 2. The van der Waals surface area contributed by atoms with E-state index in [9.17, 15) is 13.2 Å². The average molecular weight is 208 g/mol. The maximum Gasteiger partial charge on any atom is 0.318 e. The van der Waals surface area contributed by atoms with E-state index in [1.54, 1.807) is 6.92 Å². The Hall–Kier alpha value is -0.660. The van der Waals surface area contributed by atoms with Crippen LogP contribution in [-0.4, -0.2) is 54.3 Å². The van der Waals surface area contributed by atoms with Crippen LogP contribution >= 0.6 is 0 Å². The van der Waals surface area contributed by atoms with Gasteiger partial charge in [-0.2, -0.15) is 17.0 Å². The van der Waals surface area contributed by atoms with Gasteiger partial charge in [-0.3, -0.25) is 4.79 Å². The Kier molecular flexibility index (Phi) is 2.89. The lowest BCUT2D eigenvalue weighted by Crippen LogP contribution is -2.36. The first-order chi connectivity index (χ1) is 5.98. The first-order valence-electron chi connectivity index (χ1n) is 3.95. The second kappa shape index (κ2) is 3.60. The fourth-order valence-corrected chi connectivity index (χ4v) is 2.80. The number of rotatable bonds is 3. The first kappa shape index (κ1) is 10.4. The van der Waals surface area contributed by atoms with Crippen LogP contribution in [0.3, 0.4) is 0 Å². The fraction of sp³-hybridized carbons (Fsp3) is 0.833. The van der Waals surface area contributed by atoms with Gasteiger partial charge in [-0.15, -0.1) is 0 Å². The van der Waals surface area contributed by atoms with Gasteiger partial charge in [0.05, 0.1) is 0 Å². The van der Waals surface area contributed by atoms with Gasteiger partial charge in [-0.05, 0) is 0 Å². The molecular formula is C6H12N2O4S. The van der Waals surface area contributed by atoms with Crippen molar-refractivity contribution in [1.82, 2.24) is 8.61 Å². The van der Waals surface area contributed by atoms with E-state index in [-0.39, 0.29) is 6.54 Å². The Morgan fingerprint density at radius 2 is 1.92 bits per heavy atom. The van der Waals surface area contributed by atoms with E-state index >= 15 is 0 Å². The van der Waals surface area contributed by atoms with Gasteiger partial charge in [0.25, 0.3) is 10.2 Å². The minimum absolute atomic E-state index is 0.266. The summed E-state index contributed by atoms with van der Waals surface area (Å²) in [7, 11) is -3.49. The second-order valence-corrected chi connectivity index (χ2v) is 4.66. The third-order valence-electron chi connectivity index (χ3n) is 1.92. The van der Waals surface area contributed by atoms with Crippen molar-refractivity contribution >= 4 is 16.2 Å². The highest BCUT2D eigenvalue weighted by molar-refractivity contribution is 7.87. The summed E-state index contributed by atoms with van der Waals surface area (Å²) in [4.78, 5) is 10.3. The lowest BCUT2D eigenvalue weighted by Gasteiger charge is -2.14. The molecule has 1 N–H and O–H groups in total. The summed E-state index contributed by atoms with van der Waals surface area (Å²) in [6.45, 7) is 2.31. The summed E-state index contributed by atoms with van der Waals surface area (Å²) in [6.07, 6.45) is 0. The molecule has 1 fully saturated rings. The minimum atomic E-state index is -3.49. The SMILES string of the molecule is CCN1CCN(CC(=O)O)S1(=O)=O. The van der Waals surface area contributed by atoms with E-state index in [2.05, 4.69) is 0 Å². The van der Waals surface area contributed by atoms with Gasteiger partial charge in [0.15, 0.2) is 0 Å². The topological polar surface area (TPSA) is 77.9 Å². The number of likely N-dealkylation sites (N-methyl/N-ethyl adjacent to an activating group) is 1. The molecule has 1 heterocycles. The Balaban J connectivity index is 2.76. The highest BCUT2D eigenvalue weighted by Gasteiger charge is 2.36. The van der Waals surface area contributed by atoms with Crippen LogP contribution in [0, 0.1) is 0 Å². The summed E-state index contributed by atoms with van der Waals surface area (Å²) < 4.78 is 25.1. The van der Waals surface area contributed by atoms with E-state index in [0.717, 1.165) is 4.31 Å². The summed E-state index contributed by atoms with van der Waals surface area (Å²) in [6, 6.07) is 0. The number of hydrogen-bond acceptors (Lipinski definition) is 3. The van der Waals surface area contributed by atoms with Gasteiger partial charge in [-0.25, -0.2) is 0 Å². The Morgan fingerprint density at radius 1 is 1.38 bits per heavy atom. The van der Waals surface area contributed by atoms with Crippen molar-refractivity contribution in [3.05, 3.63) is 0 Å². The highest BCUT2D eigenvalue weighted by atomic mass is 32.2. The zero-order valence-electron chi connectivity index (χ0n) is 7.30. The lowest BCUT2D eigenvalue weighted by atomic mass is 10.5. The zero-order chi connectivity index (χ0) is 10.1. The van der Waals surface area contributed by atoms with Crippen LogP contribution in [0.5, 0.6) is 0 Å². The normalized spacial score (nSPS) is 23.5.